The quantitative estimate of drug-likeness (QED) is 0.753. The van der Waals surface area contributed by atoms with Gasteiger partial charge in [-0.3, -0.25) is 5.10 Å². The zero-order valence-corrected chi connectivity index (χ0v) is 12.0. The average molecular weight is 283 g/mol. The number of fused-ring (bicyclic) bond motifs is 1. The van der Waals surface area contributed by atoms with Crippen LogP contribution in [0.4, 0.5) is 5.82 Å². The zero-order valence-electron chi connectivity index (χ0n) is 12.0. The van der Waals surface area contributed by atoms with Crippen LogP contribution in [0, 0.1) is 0 Å². The first-order valence-corrected chi connectivity index (χ1v) is 6.91. The van der Waals surface area contributed by atoms with Gasteiger partial charge in [0.25, 0.3) is 0 Å². The molecule has 0 spiro atoms. The van der Waals surface area contributed by atoms with E-state index in [4.69, 9.17) is 4.74 Å². The van der Waals surface area contributed by atoms with Gasteiger partial charge in [0.15, 0.2) is 5.65 Å². The van der Waals surface area contributed by atoms with E-state index in [1.807, 2.05) is 25.1 Å². The van der Waals surface area contributed by atoms with Crippen molar-refractivity contribution in [2.45, 2.75) is 19.9 Å². The minimum absolute atomic E-state index is 0.0957. The van der Waals surface area contributed by atoms with E-state index in [0.29, 0.717) is 6.61 Å². The average Bonchev–Trinajstić information content (AvgIpc) is 2.97. The number of ether oxygens (including phenoxy) is 1. The summed E-state index contributed by atoms with van der Waals surface area (Å²) in [5.41, 5.74) is 1.86. The van der Waals surface area contributed by atoms with E-state index in [1.54, 1.807) is 6.20 Å². The third-order valence-corrected chi connectivity index (χ3v) is 3.27. The molecular formula is C15H17N5O. The van der Waals surface area contributed by atoms with Crippen molar-refractivity contribution in [3.8, 4) is 5.75 Å². The lowest BCUT2D eigenvalue weighted by atomic mass is 10.1. The number of H-pyrrole nitrogens is 1. The van der Waals surface area contributed by atoms with E-state index in [-0.39, 0.29) is 6.04 Å². The molecule has 1 atom stereocenters. The molecule has 21 heavy (non-hydrogen) atoms. The number of aromatic amines is 1. The van der Waals surface area contributed by atoms with Crippen LogP contribution in [0.2, 0.25) is 0 Å². The second kappa shape index (κ2) is 5.78. The van der Waals surface area contributed by atoms with Gasteiger partial charge in [-0.2, -0.15) is 5.10 Å². The highest BCUT2D eigenvalue weighted by Gasteiger charge is 2.11. The molecule has 108 valence electrons. The maximum Gasteiger partial charge on any atom is 0.160 e. The van der Waals surface area contributed by atoms with Crippen LogP contribution < -0.4 is 10.1 Å². The Balaban J connectivity index is 1.84. The van der Waals surface area contributed by atoms with Crippen molar-refractivity contribution in [3.05, 3.63) is 42.4 Å². The first-order valence-electron chi connectivity index (χ1n) is 6.91. The number of nitrogens with zero attached hydrogens (tertiary/aromatic N) is 3. The van der Waals surface area contributed by atoms with E-state index < -0.39 is 0 Å². The fourth-order valence-corrected chi connectivity index (χ4v) is 2.21. The lowest BCUT2D eigenvalue weighted by Gasteiger charge is -2.16. The Kier molecular flexibility index (Phi) is 3.68. The second-order valence-corrected chi connectivity index (χ2v) is 4.73. The Morgan fingerprint density at radius 3 is 3.10 bits per heavy atom. The molecule has 0 fully saturated rings. The highest BCUT2D eigenvalue weighted by atomic mass is 16.5. The van der Waals surface area contributed by atoms with E-state index in [9.17, 15) is 0 Å². The molecule has 0 saturated carbocycles. The van der Waals surface area contributed by atoms with Crippen LogP contribution in [0.15, 0.2) is 36.8 Å². The number of nitrogens with one attached hydrogen (secondary N) is 2. The summed E-state index contributed by atoms with van der Waals surface area (Å²) in [5, 5.41) is 11.1. The summed E-state index contributed by atoms with van der Waals surface area (Å²) < 4.78 is 5.54. The van der Waals surface area contributed by atoms with E-state index in [0.717, 1.165) is 28.2 Å². The lowest BCUT2D eigenvalue weighted by Crippen LogP contribution is -2.08. The Hall–Kier alpha value is -2.63. The standard InChI is InChI=1S/C15H17N5O/c1-3-21-12-6-4-5-11(7-12)10(2)19-14-13-8-18-20-15(13)17-9-16-14/h4-10H,3H2,1-2H3,(H2,16,17,18,19,20). The van der Waals surface area contributed by atoms with Crippen molar-refractivity contribution in [2.24, 2.45) is 0 Å². The highest BCUT2D eigenvalue weighted by molar-refractivity contribution is 5.85. The largest absolute Gasteiger partial charge is 0.494 e. The number of hydrogen-bond acceptors (Lipinski definition) is 5. The van der Waals surface area contributed by atoms with Crippen LogP contribution in [0.25, 0.3) is 11.0 Å². The summed E-state index contributed by atoms with van der Waals surface area (Å²) in [7, 11) is 0. The van der Waals surface area contributed by atoms with Crippen molar-refractivity contribution in [2.75, 3.05) is 11.9 Å². The normalized spacial score (nSPS) is 12.3. The molecule has 3 aromatic rings. The molecule has 0 aliphatic heterocycles. The molecule has 3 rings (SSSR count). The highest BCUT2D eigenvalue weighted by Crippen LogP contribution is 2.24. The summed E-state index contributed by atoms with van der Waals surface area (Å²) in [5.74, 6) is 1.64. The van der Waals surface area contributed by atoms with Gasteiger partial charge in [-0.25, -0.2) is 9.97 Å². The fraction of sp³-hybridized carbons (Fsp3) is 0.267. The SMILES string of the molecule is CCOc1cccc(C(C)Nc2ncnc3[nH]ncc23)c1. The smallest absolute Gasteiger partial charge is 0.160 e. The second-order valence-electron chi connectivity index (χ2n) is 4.73. The summed E-state index contributed by atoms with van der Waals surface area (Å²) >= 11 is 0. The van der Waals surface area contributed by atoms with Gasteiger partial charge in [0.05, 0.1) is 24.2 Å². The molecule has 0 aliphatic rings. The molecule has 2 heterocycles. The monoisotopic (exact) mass is 283 g/mol. The van der Waals surface area contributed by atoms with Gasteiger partial charge in [0.2, 0.25) is 0 Å². The summed E-state index contributed by atoms with van der Waals surface area (Å²) in [6.45, 7) is 4.72. The minimum Gasteiger partial charge on any atom is -0.494 e. The third-order valence-electron chi connectivity index (χ3n) is 3.27. The maximum absolute atomic E-state index is 5.54. The van der Waals surface area contributed by atoms with Gasteiger partial charge in [0, 0.05) is 0 Å². The van der Waals surface area contributed by atoms with Crippen LogP contribution in [0.5, 0.6) is 5.75 Å². The number of rotatable bonds is 5. The number of anilines is 1. The number of aromatic nitrogens is 4. The Morgan fingerprint density at radius 1 is 1.33 bits per heavy atom. The maximum atomic E-state index is 5.54. The fourth-order valence-electron chi connectivity index (χ4n) is 2.21. The molecule has 0 saturated heterocycles. The Morgan fingerprint density at radius 2 is 2.24 bits per heavy atom. The first kappa shape index (κ1) is 13.4. The molecule has 0 radical (unpaired) electrons. The van der Waals surface area contributed by atoms with Crippen LogP contribution in [0.1, 0.15) is 25.5 Å². The van der Waals surface area contributed by atoms with Crippen molar-refractivity contribution >= 4 is 16.9 Å². The predicted molar refractivity (Wildman–Crippen MR) is 81.3 cm³/mol. The topological polar surface area (TPSA) is 75.7 Å². The van der Waals surface area contributed by atoms with Gasteiger partial charge >= 0.3 is 0 Å². The van der Waals surface area contributed by atoms with Crippen molar-refractivity contribution < 1.29 is 4.74 Å². The van der Waals surface area contributed by atoms with Gasteiger partial charge in [-0.05, 0) is 31.5 Å². The third kappa shape index (κ3) is 2.79. The van der Waals surface area contributed by atoms with Gasteiger partial charge in [0.1, 0.15) is 17.9 Å². The van der Waals surface area contributed by atoms with E-state index in [2.05, 4.69) is 38.5 Å². The molecule has 1 unspecified atom stereocenters. The molecule has 1 aromatic carbocycles. The van der Waals surface area contributed by atoms with Crippen molar-refractivity contribution in [3.63, 3.8) is 0 Å². The van der Waals surface area contributed by atoms with Gasteiger partial charge < -0.3 is 10.1 Å². The number of benzene rings is 1. The zero-order chi connectivity index (χ0) is 14.7. The number of hydrogen-bond donors (Lipinski definition) is 2. The van der Waals surface area contributed by atoms with Crippen LogP contribution in [0.3, 0.4) is 0 Å². The van der Waals surface area contributed by atoms with E-state index in [1.165, 1.54) is 6.33 Å². The van der Waals surface area contributed by atoms with Gasteiger partial charge in [-0.15, -0.1) is 0 Å². The van der Waals surface area contributed by atoms with Crippen molar-refractivity contribution in [1.29, 1.82) is 0 Å². The summed E-state index contributed by atoms with van der Waals surface area (Å²) in [4.78, 5) is 8.42. The predicted octanol–water partition coefficient (Wildman–Crippen LogP) is 2.92. The first-order chi connectivity index (χ1) is 10.3. The van der Waals surface area contributed by atoms with Crippen LogP contribution >= 0.6 is 0 Å². The molecule has 0 bridgehead atoms. The molecule has 2 N–H and O–H groups in total. The van der Waals surface area contributed by atoms with Crippen molar-refractivity contribution in [1.82, 2.24) is 20.2 Å². The van der Waals surface area contributed by atoms with Crippen LogP contribution in [-0.2, 0) is 0 Å². The Labute approximate surface area is 122 Å². The lowest BCUT2D eigenvalue weighted by molar-refractivity contribution is 0.340. The minimum atomic E-state index is 0.0957. The Bertz CT molecular complexity index is 740. The molecule has 6 nitrogen and oxygen atoms in total. The molecule has 0 amide bonds. The van der Waals surface area contributed by atoms with E-state index >= 15 is 0 Å². The molecule has 0 aliphatic carbocycles. The van der Waals surface area contributed by atoms with Crippen LogP contribution in [-0.4, -0.2) is 26.8 Å². The summed E-state index contributed by atoms with van der Waals surface area (Å²) in [6, 6.07) is 8.14. The molecule has 2 aromatic heterocycles. The van der Waals surface area contributed by atoms with Gasteiger partial charge in [-0.1, -0.05) is 12.1 Å². The molecule has 6 heteroatoms. The summed E-state index contributed by atoms with van der Waals surface area (Å²) in [6.07, 6.45) is 3.24. The molecular weight excluding hydrogens is 266 g/mol.